The summed E-state index contributed by atoms with van der Waals surface area (Å²) in [5.74, 6) is 0. The number of hydrogen-bond donors (Lipinski definition) is 2. The van der Waals surface area contributed by atoms with E-state index < -0.39 is 6.23 Å². The Labute approximate surface area is 103 Å². The van der Waals surface area contributed by atoms with E-state index in [1.807, 2.05) is 24.3 Å². The van der Waals surface area contributed by atoms with Gasteiger partial charge in [-0.15, -0.1) is 0 Å². The number of nitrogen functional groups attached to an aromatic ring is 1. The molecule has 0 aliphatic carbocycles. The summed E-state index contributed by atoms with van der Waals surface area (Å²) < 4.78 is 0. The Morgan fingerprint density at radius 2 is 2.00 bits per heavy atom. The third-order valence-corrected chi connectivity index (χ3v) is 3.41. The molecule has 1 aliphatic heterocycles. The van der Waals surface area contributed by atoms with Crippen LogP contribution >= 0.6 is 0 Å². The first-order chi connectivity index (χ1) is 8.20. The maximum absolute atomic E-state index is 10.3. The molecule has 1 aromatic rings. The van der Waals surface area contributed by atoms with Gasteiger partial charge < -0.3 is 15.7 Å². The Morgan fingerprint density at radius 1 is 1.29 bits per heavy atom. The lowest BCUT2D eigenvalue weighted by molar-refractivity contribution is -0.0263. The molecule has 1 unspecified atom stereocenters. The van der Waals surface area contributed by atoms with Crippen LogP contribution in [0.4, 0.5) is 5.69 Å². The van der Waals surface area contributed by atoms with Crippen LogP contribution in [0, 0.1) is 0 Å². The first-order valence-corrected chi connectivity index (χ1v) is 6.20. The highest BCUT2D eigenvalue weighted by Crippen LogP contribution is 2.20. The zero-order valence-corrected chi connectivity index (χ0v) is 10.3. The molecule has 0 amide bonds. The molecule has 0 bridgehead atoms. The normalized spacial score (nSPS) is 20.4. The van der Waals surface area contributed by atoms with Crippen LogP contribution in [0.5, 0.6) is 0 Å². The number of rotatable bonds is 3. The Hall–Kier alpha value is -1.10. The molecule has 94 valence electrons. The Kier molecular flexibility index (Phi) is 3.99. The molecule has 3 N–H and O–H groups in total. The highest BCUT2D eigenvalue weighted by Gasteiger charge is 2.22. The van der Waals surface area contributed by atoms with Gasteiger partial charge >= 0.3 is 0 Å². The van der Waals surface area contributed by atoms with Crippen molar-refractivity contribution in [3.05, 3.63) is 29.8 Å². The summed E-state index contributed by atoms with van der Waals surface area (Å²) >= 11 is 0. The summed E-state index contributed by atoms with van der Waals surface area (Å²) in [5.41, 5.74) is 7.32. The van der Waals surface area contributed by atoms with Gasteiger partial charge in [0, 0.05) is 31.9 Å². The molecule has 1 saturated heterocycles. The van der Waals surface area contributed by atoms with Gasteiger partial charge in [-0.3, -0.25) is 4.90 Å². The fourth-order valence-electron chi connectivity index (χ4n) is 2.25. The first-order valence-electron chi connectivity index (χ1n) is 6.20. The summed E-state index contributed by atoms with van der Waals surface area (Å²) in [6.45, 7) is 7.12. The number of nitrogens with zero attached hydrogens (tertiary/aromatic N) is 2. The minimum absolute atomic E-state index is 0.530. The molecule has 0 saturated carbocycles. The molecule has 1 heterocycles. The van der Waals surface area contributed by atoms with Gasteiger partial charge in [-0.25, -0.2) is 0 Å². The summed E-state index contributed by atoms with van der Waals surface area (Å²) in [7, 11) is 0. The Morgan fingerprint density at radius 3 is 2.59 bits per heavy atom. The van der Waals surface area contributed by atoms with Crippen molar-refractivity contribution >= 4 is 5.69 Å². The molecule has 1 aliphatic rings. The van der Waals surface area contributed by atoms with E-state index in [9.17, 15) is 5.11 Å². The van der Waals surface area contributed by atoms with Gasteiger partial charge in [-0.2, -0.15) is 0 Å². The predicted molar refractivity (Wildman–Crippen MR) is 69.5 cm³/mol. The predicted octanol–water partition coefficient (Wildman–Crippen LogP) is 0.897. The Bertz CT molecular complexity index is 361. The van der Waals surface area contributed by atoms with E-state index in [1.165, 1.54) is 0 Å². The lowest BCUT2D eigenvalue weighted by Gasteiger charge is -2.36. The quantitative estimate of drug-likeness (QED) is 0.764. The van der Waals surface area contributed by atoms with Crippen LogP contribution in [0.2, 0.25) is 0 Å². The van der Waals surface area contributed by atoms with Crippen molar-refractivity contribution < 1.29 is 5.11 Å². The molecule has 4 heteroatoms. The SMILES string of the molecule is CCN1CCN(C(O)c2cccc(N)c2)CC1. The third kappa shape index (κ3) is 2.97. The van der Waals surface area contributed by atoms with E-state index in [-0.39, 0.29) is 0 Å². The number of benzene rings is 1. The molecule has 4 nitrogen and oxygen atoms in total. The fraction of sp³-hybridized carbons (Fsp3) is 0.538. The van der Waals surface area contributed by atoms with Gasteiger partial charge in [0.25, 0.3) is 0 Å². The first kappa shape index (κ1) is 12.4. The van der Waals surface area contributed by atoms with Gasteiger partial charge in [-0.05, 0) is 24.2 Å². The fourth-order valence-corrected chi connectivity index (χ4v) is 2.25. The van der Waals surface area contributed by atoms with Crippen LogP contribution in [0.15, 0.2) is 24.3 Å². The van der Waals surface area contributed by atoms with E-state index in [4.69, 9.17) is 5.73 Å². The van der Waals surface area contributed by atoms with E-state index in [1.54, 1.807) is 0 Å². The van der Waals surface area contributed by atoms with Crippen LogP contribution in [0.3, 0.4) is 0 Å². The van der Waals surface area contributed by atoms with E-state index >= 15 is 0 Å². The summed E-state index contributed by atoms with van der Waals surface area (Å²) in [6.07, 6.45) is -0.530. The lowest BCUT2D eigenvalue weighted by atomic mass is 10.1. The van der Waals surface area contributed by atoms with E-state index in [0.29, 0.717) is 5.69 Å². The zero-order chi connectivity index (χ0) is 12.3. The van der Waals surface area contributed by atoms with Gasteiger partial charge in [0.1, 0.15) is 6.23 Å². The van der Waals surface area contributed by atoms with Crippen molar-refractivity contribution in [1.82, 2.24) is 9.80 Å². The summed E-state index contributed by atoms with van der Waals surface area (Å²) in [6, 6.07) is 7.49. The van der Waals surface area contributed by atoms with Gasteiger partial charge in [-0.1, -0.05) is 19.1 Å². The highest BCUT2D eigenvalue weighted by molar-refractivity contribution is 5.41. The second kappa shape index (κ2) is 5.49. The van der Waals surface area contributed by atoms with Crippen molar-refractivity contribution in [2.24, 2.45) is 0 Å². The van der Waals surface area contributed by atoms with Crippen molar-refractivity contribution in [3.63, 3.8) is 0 Å². The lowest BCUT2D eigenvalue weighted by Crippen LogP contribution is -2.47. The number of anilines is 1. The maximum Gasteiger partial charge on any atom is 0.133 e. The number of hydrogen-bond acceptors (Lipinski definition) is 4. The van der Waals surface area contributed by atoms with Crippen molar-refractivity contribution in [1.29, 1.82) is 0 Å². The highest BCUT2D eigenvalue weighted by atomic mass is 16.3. The van der Waals surface area contributed by atoms with Crippen molar-refractivity contribution in [2.75, 3.05) is 38.5 Å². The third-order valence-electron chi connectivity index (χ3n) is 3.41. The van der Waals surface area contributed by atoms with Crippen LogP contribution in [-0.4, -0.2) is 47.6 Å². The second-order valence-electron chi connectivity index (χ2n) is 4.51. The number of likely N-dealkylation sites (N-methyl/N-ethyl adjacent to an activating group) is 1. The monoisotopic (exact) mass is 235 g/mol. The van der Waals surface area contributed by atoms with E-state index in [0.717, 1.165) is 38.3 Å². The molecule has 0 aromatic heterocycles. The average molecular weight is 235 g/mol. The summed E-state index contributed by atoms with van der Waals surface area (Å²) in [4.78, 5) is 4.49. The molecular formula is C13H21N3O. The maximum atomic E-state index is 10.3. The Balaban J connectivity index is 1.99. The van der Waals surface area contributed by atoms with Crippen molar-refractivity contribution in [3.8, 4) is 0 Å². The number of nitrogens with two attached hydrogens (primary N) is 1. The largest absolute Gasteiger partial charge is 0.399 e. The van der Waals surface area contributed by atoms with Gasteiger partial charge in [0.15, 0.2) is 0 Å². The molecule has 0 spiro atoms. The van der Waals surface area contributed by atoms with Gasteiger partial charge in [0.2, 0.25) is 0 Å². The zero-order valence-electron chi connectivity index (χ0n) is 10.3. The molecule has 17 heavy (non-hydrogen) atoms. The van der Waals surface area contributed by atoms with Crippen LogP contribution in [0.25, 0.3) is 0 Å². The standard InChI is InChI=1S/C13H21N3O/c1-2-15-6-8-16(9-7-15)13(17)11-4-3-5-12(14)10-11/h3-5,10,13,17H,2,6-9,14H2,1H3. The minimum Gasteiger partial charge on any atom is -0.399 e. The van der Waals surface area contributed by atoms with E-state index in [2.05, 4.69) is 16.7 Å². The topological polar surface area (TPSA) is 52.7 Å². The second-order valence-corrected chi connectivity index (χ2v) is 4.51. The molecule has 1 fully saturated rings. The van der Waals surface area contributed by atoms with Gasteiger partial charge in [0.05, 0.1) is 0 Å². The minimum atomic E-state index is -0.530. The number of aliphatic hydroxyl groups excluding tert-OH is 1. The number of piperazine rings is 1. The van der Waals surface area contributed by atoms with Crippen molar-refractivity contribution in [2.45, 2.75) is 13.2 Å². The smallest absolute Gasteiger partial charge is 0.133 e. The molecule has 1 atom stereocenters. The van der Waals surface area contributed by atoms with Crippen LogP contribution < -0.4 is 5.73 Å². The molecule has 2 rings (SSSR count). The van der Waals surface area contributed by atoms with Crippen LogP contribution in [-0.2, 0) is 0 Å². The number of aliphatic hydroxyl groups is 1. The molecule has 1 aromatic carbocycles. The summed E-state index contributed by atoms with van der Waals surface area (Å²) in [5, 5.41) is 10.3. The average Bonchev–Trinajstić information content (AvgIpc) is 2.38. The molecule has 0 radical (unpaired) electrons. The molecular weight excluding hydrogens is 214 g/mol. The van der Waals surface area contributed by atoms with Crippen LogP contribution in [0.1, 0.15) is 18.7 Å².